The number of hydrogen-bond donors (Lipinski definition) is 1. The fraction of sp³-hybridized carbons (Fsp3) is 1.00. The normalized spacial score (nSPS) is 19.2. The van der Waals surface area contributed by atoms with Gasteiger partial charge in [0.15, 0.2) is 0 Å². The predicted molar refractivity (Wildman–Crippen MR) is 72.2 cm³/mol. The molecule has 1 atom stereocenters. The highest BCUT2D eigenvalue weighted by molar-refractivity contribution is 4.94. The second-order valence-electron chi connectivity index (χ2n) is 5.64. The minimum absolute atomic E-state index is 0.0566. The van der Waals surface area contributed by atoms with Gasteiger partial charge in [0.25, 0.3) is 0 Å². The van der Waals surface area contributed by atoms with E-state index in [9.17, 15) is 5.11 Å². The quantitative estimate of drug-likeness (QED) is 0.554. The summed E-state index contributed by atoms with van der Waals surface area (Å²) in [5, 5.41) is 9.77. The van der Waals surface area contributed by atoms with E-state index in [1.54, 1.807) is 0 Å². The average molecular weight is 242 g/mol. The Hall–Kier alpha value is -0.0800. The summed E-state index contributed by atoms with van der Waals surface area (Å²) in [6.07, 6.45) is 13.0. The fourth-order valence-electron chi connectivity index (χ4n) is 2.47. The highest BCUT2D eigenvalue weighted by Crippen LogP contribution is 2.43. The van der Waals surface area contributed by atoms with Crippen LogP contribution in [0.5, 0.6) is 0 Å². The molecule has 1 aliphatic rings. The molecule has 1 N–H and O–H groups in total. The molecule has 1 saturated carbocycles. The van der Waals surface area contributed by atoms with Gasteiger partial charge in [0.1, 0.15) is 0 Å². The van der Waals surface area contributed by atoms with Crippen LogP contribution in [0, 0.1) is 0 Å². The zero-order chi connectivity index (χ0) is 12.6. The molecule has 2 heteroatoms. The number of unbranched alkanes of at least 4 members (excludes halogenated alkanes) is 4. The standard InChI is InChI=1S/C15H30O2/c1-3-4-6-9-14(16)10-7-5-8-11-15(17-2)12-13-15/h14,16H,3-13H2,1-2H3. The van der Waals surface area contributed by atoms with E-state index in [1.165, 1.54) is 57.8 Å². The molecule has 17 heavy (non-hydrogen) atoms. The summed E-state index contributed by atoms with van der Waals surface area (Å²) in [6.45, 7) is 2.20. The molecule has 0 amide bonds. The van der Waals surface area contributed by atoms with Crippen molar-refractivity contribution in [2.24, 2.45) is 0 Å². The number of ether oxygens (including phenoxy) is 1. The van der Waals surface area contributed by atoms with E-state index < -0.39 is 0 Å². The van der Waals surface area contributed by atoms with Crippen molar-refractivity contribution < 1.29 is 9.84 Å². The molecule has 0 bridgehead atoms. The lowest BCUT2D eigenvalue weighted by Crippen LogP contribution is -2.11. The largest absolute Gasteiger partial charge is 0.393 e. The molecule has 1 fully saturated rings. The number of methoxy groups -OCH3 is 1. The maximum atomic E-state index is 9.77. The van der Waals surface area contributed by atoms with Gasteiger partial charge in [0.2, 0.25) is 0 Å². The summed E-state index contributed by atoms with van der Waals surface area (Å²) in [6, 6.07) is 0. The lowest BCUT2D eigenvalue weighted by Gasteiger charge is -2.13. The van der Waals surface area contributed by atoms with Gasteiger partial charge in [-0.25, -0.2) is 0 Å². The van der Waals surface area contributed by atoms with Crippen LogP contribution in [0.2, 0.25) is 0 Å². The second-order valence-corrected chi connectivity index (χ2v) is 5.64. The van der Waals surface area contributed by atoms with Crippen LogP contribution >= 0.6 is 0 Å². The van der Waals surface area contributed by atoms with Gasteiger partial charge < -0.3 is 9.84 Å². The van der Waals surface area contributed by atoms with Crippen molar-refractivity contribution in [3.05, 3.63) is 0 Å². The van der Waals surface area contributed by atoms with Crippen molar-refractivity contribution in [1.29, 1.82) is 0 Å². The zero-order valence-electron chi connectivity index (χ0n) is 11.7. The molecule has 0 aromatic heterocycles. The van der Waals surface area contributed by atoms with Gasteiger partial charge in [0, 0.05) is 7.11 Å². The van der Waals surface area contributed by atoms with Crippen LogP contribution in [0.3, 0.4) is 0 Å². The monoisotopic (exact) mass is 242 g/mol. The van der Waals surface area contributed by atoms with Crippen LogP contribution in [0.1, 0.15) is 77.6 Å². The maximum Gasteiger partial charge on any atom is 0.0681 e. The zero-order valence-corrected chi connectivity index (χ0v) is 11.7. The summed E-state index contributed by atoms with van der Waals surface area (Å²) < 4.78 is 5.49. The lowest BCUT2D eigenvalue weighted by molar-refractivity contribution is 0.0699. The van der Waals surface area contributed by atoms with Crippen LogP contribution in [0.4, 0.5) is 0 Å². The Morgan fingerprint density at radius 1 is 1.06 bits per heavy atom. The van der Waals surface area contributed by atoms with Crippen molar-refractivity contribution >= 4 is 0 Å². The van der Waals surface area contributed by atoms with Crippen LogP contribution in [-0.2, 0) is 4.74 Å². The number of hydrogen-bond acceptors (Lipinski definition) is 2. The van der Waals surface area contributed by atoms with E-state index in [2.05, 4.69) is 6.92 Å². The predicted octanol–water partition coefficient (Wildman–Crippen LogP) is 4.06. The van der Waals surface area contributed by atoms with E-state index >= 15 is 0 Å². The molecule has 0 saturated heterocycles. The van der Waals surface area contributed by atoms with Crippen molar-refractivity contribution in [2.75, 3.05) is 7.11 Å². The molecule has 0 radical (unpaired) electrons. The first-order chi connectivity index (χ1) is 8.22. The average Bonchev–Trinajstić information content (AvgIpc) is 3.10. The minimum Gasteiger partial charge on any atom is -0.393 e. The molecular weight excluding hydrogens is 212 g/mol. The van der Waals surface area contributed by atoms with E-state index in [4.69, 9.17) is 4.74 Å². The highest BCUT2D eigenvalue weighted by Gasteiger charge is 2.41. The molecule has 0 aromatic rings. The lowest BCUT2D eigenvalue weighted by atomic mass is 10.0. The molecule has 0 aliphatic heterocycles. The van der Waals surface area contributed by atoms with Gasteiger partial charge in [0.05, 0.1) is 11.7 Å². The Balaban J connectivity index is 1.86. The number of aliphatic hydroxyl groups excluding tert-OH is 1. The Morgan fingerprint density at radius 2 is 1.71 bits per heavy atom. The third kappa shape index (κ3) is 6.42. The number of rotatable bonds is 11. The van der Waals surface area contributed by atoms with Gasteiger partial charge >= 0.3 is 0 Å². The van der Waals surface area contributed by atoms with E-state index in [0.717, 1.165) is 12.8 Å². The first-order valence-corrected chi connectivity index (χ1v) is 7.45. The van der Waals surface area contributed by atoms with E-state index in [-0.39, 0.29) is 11.7 Å². The minimum atomic E-state index is -0.0566. The third-order valence-electron chi connectivity index (χ3n) is 4.05. The Kier molecular flexibility index (Phi) is 7.14. The van der Waals surface area contributed by atoms with Crippen molar-refractivity contribution in [1.82, 2.24) is 0 Å². The Morgan fingerprint density at radius 3 is 2.24 bits per heavy atom. The molecule has 2 nitrogen and oxygen atoms in total. The topological polar surface area (TPSA) is 29.5 Å². The summed E-state index contributed by atoms with van der Waals surface area (Å²) in [5.41, 5.74) is 0.264. The molecule has 102 valence electrons. The summed E-state index contributed by atoms with van der Waals surface area (Å²) in [7, 11) is 1.84. The van der Waals surface area contributed by atoms with Crippen molar-refractivity contribution in [3.63, 3.8) is 0 Å². The molecule has 1 unspecified atom stereocenters. The molecule has 1 aliphatic carbocycles. The molecule has 0 aromatic carbocycles. The first-order valence-electron chi connectivity index (χ1n) is 7.45. The third-order valence-corrected chi connectivity index (χ3v) is 4.05. The SMILES string of the molecule is CCCCCC(O)CCCCCC1(OC)CC1. The van der Waals surface area contributed by atoms with Gasteiger partial charge in [-0.1, -0.05) is 45.4 Å². The molecule has 1 rings (SSSR count). The fourth-order valence-corrected chi connectivity index (χ4v) is 2.47. The molecule has 0 spiro atoms. The van der Waals surface area contributed by atoms with Crippen LogP contribution in [-0.4, -0.2) is 23.9 Å². The first kappa shape index (κ1) is 15.0. The maximum absolute atomic E-state index is 9.77. The highest BCUT2D eigenvalue weighted by atomic mass is 16.5. The number of aliphatic hydroxyl groups is 1. The van der Waals surface area contributed by atoms with Crippen LogP contribution < -0.4 is 0 Å². The van der Waals surface area contributed by atoms with E-state index in [1.807, 2.05) is 7.11 Å². The van der Waals surface area contributed by atoms with E-state index in [0.29, 0.717) is 0 Å². The van der Waals surface area contributed by atoms with Crippen LogP contribution in [0.25, 0.3) is 0 Å². The Bertz CT molecular complexity index is 187. The smallest absolute Gasteiger partial charge is 0.0681 e. The summed E-state index contributed by atoms with van der Waals surface area (Å²) in [4.78, 5) is 0. The Labute approximate surface area is 107 Å². The summed E-state index contributed by atoms with van der Waals surface area (Å²) >= 11 is 0. The molecule has 0 heterocycles. The van der Waals surface area contributed by atoms with Crippen molar-refractivity contribution in [3.8, 4) is 0 Å². The second kappa shape index (κ2) is 8.10. The van der Waals surface area contributed by atoms with Gasteiger partial charge in [-0.15, -0.1) is 0 Å². The van der Waals surface area contributed by atoms with Gasteiger partial charge in [-0.2, -0.15) is 0 Å². The molecular formula is C15H30O2. The van der Waals surface area contributed by atoms with Crippen LogP contribution in [0.15, 0.2) is 0 Å². The van der Waals surface area contributed by atoms with Gasteiger partial charge in [-0.05, 0) is 32.1 Å². The van der Waals surface area contributed by atoms with Crippen molar-refractivity contribution in [2.45, 2.75) is 89.3 Å². The summed E-state index contributed by atoms with van der Waals surface area (Å²) in [5.74, 6) is 0. The van der Waals surface area contributed by atoms with Gasteiger partial charge in [-0.3, -0.25) is 0 Å².